The van der Waals surface area contributed by atoms with Gasteiger partial charge in [-0.25, -0.2) is 0 Å². The van der Waals surface area contributed by atoms with Crippen LogP contribution in [0.25, 0.3) is 0 Å². The van der Waals surface area contributed by atoms with Crippen molar-refractivity contribution in [2.24, 2.45) is 0 Å². The van der Waals surface area contributed by atoms with Gasteiger partial charge < -0.3 is 24.8 Å². The summed E-state index contributed by atoms with van der Waals surface area (Å²) >= 11 is 16.0. The lowest BCUT2D eigenvalue weighted by Crippen LogP contribution is -2.31. The second kappa shape index (κ2) is 11.7. The topological polar surface area (TPSA) is 112 Å². The quantitative estimate of drug-likeness (QED) is 0.231. The van der Waals surface area contributed by atoms with E-state index in [1.807, 2.05) is 18.2 Å². The maximum atomic E-state index is 13.7. The van der Waals surface area contributed by atoms with Gasteiger partial charge in [0.1, 0.15) is 18.4 Å². The Hall–Kier alpha value is -3.80. The van der Waals surface area contributed by atoms with Crippen LogP contribution < -0.4 is 24.8 Å². The zero-order valence-electron chi connectivity index (χ0n) is 21.5. The number of hydrogen-bond acceptors (Lipinski definition) is 8. The second-order valence-electron chi connectivity index (χ2n) is 8.73. The molecule has 2 N–H and O–H groups in total. The van der Waals surface area contributed by atoms with Crippen molar-refractivity contribution in [3.05, 3.63) is 91.5 Å². The number of carbonyl (C=O) groups excluding carboxylic acids is 1. The van der Waals surface area contributed by atoms with Gasteiger partial charge in [-0.1, -0.05) is 46.5 Å². The Morgan fingerprint density at radius 1 is 1.10 bits per heavy atom. The molecule has 0 aliphatic carbocycles. The van der Waals surface area contributed by atoms with E-state index in [2.05, 4.69) is 42.1 Å². The minimum Gasteiger partial charge on any atom is -0.495 e. The predicted octanol–water partition coefficient (Wildman–Crippen LogP) is 6.27. The molecule has 1 atom stereocenters. The number of tetrazole rings is 1. The molecule has 206 valence electrons. The Kier molecular flexibility index (Phi) is 8.15. The van der Waals surface area contributed by atoms with Crippen LogP contribution in [0.3, 0.4) is 0 Å². The van der Waals surface area contributed by atoms with Crippen LogP contribution in [0, 0.1) is 0 Å². The number of anilines is 2. The van der Waals surface area contributed by atoms with Crippen LogP contribution in [-0.2, 0) is 11.4 Å². The summed E-state index contributed by atoms with van der Waals surface area (Å²) in [6, 6.07) is 15.3. The van der Waals surface area contributed by atoms with Gasteiger partial charge in [0.2, 0.25) is 5.95 Å². The summed E-state index contributed by atoms with van der Waals surface area (Å²) in [7, 11) is 3.08. The second-order valence-corrected chi connectivity index (χ2v) is 10.4. The van der Waals surface area contributed by atoms with E-state index in [1.165, 1.54) is 7.11 Å². The number of ether oxygens (including phenoxy) is 3. The number of benzene rings is 3. The monoisotopic (exact) mass is 644 g/mol. The summed E-state index contributed by atoms with van der Waals surface area (Å²) < 4.78 is 19.3. The molecule has 1 aliphatic heterocycles. The van der Waals surface area contributed by atoms with Gasteiger partial charge >= 0.3 is 0 Å². The van der Waals surface area contributed by atoms with Crippen LogP contribution in [0.15, 0.2) is 70.3 Å². The third-order valence-corrected chi connectivity index (χ3v) is 7.44. The first-order valence-corrected chi connectivity index (χ1v) is 13.5. The normalized spacial score (nSPS) is 14.3. The molecule has 0 radical (unpaired) electrons. The molecule has 40 heavy (non-hydrogen) atoms. The summed E-state index contributed by atoms with van der Waals surface area (Å²) in [5.74, 6) is 1.47. The van der Waals surface area contributed by atoms with Crippen LogP contribution in [0.2, 0.25) is 10.0 Å². The Morgan fingerprint density at radius 3 is 2.62 bits per heavy atom. The molecule has 1 aromatic heterocycles. The van der Waals surface area contributed by atoms with Crippen molar-refractivity contribution in [1.29, 1.82) is 0 Å². The molecule has 3 aromatic carbocycles. The number of allylic oxidation sites excluding steroid dienone is 1. The lowest BCUT2D eigenvalue weighted by molar-refractivity contribution is -0.113. The van der Waals surface area contributed by atoms with Crippen molar-refractivity contribution in [3.63, 3.8) is 0 Å². The molecule has 10 nitrogen and oxygen atoms in total. The average molecular weight is 646 g/mol. The largest absolute Gasteiger partial charge is 0.495 e. The highest BCUT2D eigenvalue weighted by atomic mass is 79.9. The van der Waals surface area contributed by atoms with E-state index < -0.39 is 6.04 Å². The van der Waals surface area contributed by atoms with Crippen LogP contribution >= 0.6 is 39.1 Å². The number of para-hydroxylation sites is 2. The van der Waals surface area contributed by atoms with Crippen LogP contribution in [-0.4, -0.2) is 40.3 Å². The highest BCUT2D eigenvalue weighted by molar-refractivity contribution is 9.10. The fourth-order valence-electron chi connectivity index (χ4n) is 4.38. The van der Waals surface area contributed by atoms with Gasteiger partial charge in [-0.15, -0.1) is 0 Å². The first-order chi connectivity index (χ1) is 19.3. The van der Waals surface area contributed by atoms with E-state index in [4.69, 9.17) is 37.4 Å². The summed E-state index contributed by atoms with van der Waals surface area (Å²) in [4.78, 5) is 13.7. The van der Waals surface area contributed by atoms with Crippen molar-refractivity contribution < 1.29 is 19.0 Å². The molecular formula is C27H23BrCl2N6O4. The van der Waals surface area contributed by atoms with Crippen molar-refractivity contribution in [2.75, 3.05) is 24.9 Å². The minimum absolute atomic E-state index is 0.181. The Labute approximate surface area is 248 Å². The third kappa shape index (κ3) is 5.45. The van der Waals surface area contributed by atoms with Gasteiger partial charge in [0.05, 0.1) is 30.0 Å². The minimum atomic E-state index is -0.689. The van der Waals surface area contributed by atoms with Gasteiger partial charge in [-0.2, -0.15) is 4.68 Å². The van der Waals surface area contributed by atoms with E-state index in [-0.39, 0.29) is 12.5 Å². The van der Waals surface area contributed by atoms with Crippen LogP contribution in [0.5, 0.6) is 17.2 Å². The number of rotatable bonds is 8. The molecule has 1 amide bonds. The SMILES string of the molecule is COc1ccccc1NC(=O)C1=C(C)Nc2nnnn2C1c1cc(Br)c(OCc2ccc(Cl)cc2Cl)c(OC)c1. The molecule has 0 spiro atoms. The zero-order chi connectivity index (χ0) is 28.4. The number of halogens is 3. The molecule has 1 aliphatic rings. The van der Waals surface area contributed by atoms with E-state index in [0.29, 0.717) is 60.2 Å². The van der Waals surface area contributed by atoms with E-state index in [1.54, 1.807) is 55.1 Å². The highest BCUT2D eigenvalue weighted by Crippen LogP contribution is 2.43. The number of aromatic nitrogens is 4. The Morgan fingerprint density at radius 2 is 1.88 bits per heavy atom. The maximum Gasteiger partial charge on any atom is 0.255 e. The lowest BCUT2D eigenvalue weighted by atomic mass is 9.94. The molecule has 2 heterocycles. The summed E-state index contributed by atoms with van der Waals surface area (Å²) in [5.41, 5.74) is 2.96. The van der Waals surface area contributed by atoms with Crippen molar-refractivity contribution >= 4 is 56.7 Å². The Balaban J connectivity index is 1.52. The number of methoxy groups -OCH3 is 2. The number of nitrogens with zero attached hydrogens (tertiary/aromatic N) is 4. The smallest absolute Gasteiger partial charge is 0.255 e. The molecule has 4 aromatic rings. The number of amides is 1. The van der Waals surface area contributed by atoms with Crippen LogP contribution in [0.1, 0.15) is 24.1 Å². The number of fused-ring (bicyclic) bond motifs is 1. The summed E-state index contributed by atoms with van der Waals surface area (Å²) in [6.45, 7) is 1.97. The fourth-order valence-corrected chi connectivity index (χ4v) is 5.42. The molecule has 0 saturated heterocycles. The molecular weight excluding hydrogens is 623 g/mol. The molecule has 0 saturated carbocycles. The van der Waals surface area contributed by atoms with Gasteiger partial charge in [0.25, 0.3) is 5.91 Å². The maximum absolute atomic E-state index is 13.7. The van der Waals surface area contributed by atoms with E-state index in [0.717, 1.165) is 5.56 Å². The van der Waals surface area contributed by atoms with Crippen molar-refractivity contribution in [3.8, 4) is 17.2 Å². The number of nitrogens with one attached hydrogen (secondary N) is 2. The van der Waals surface area contributed by atoms with Gasteiger partial charge in [-0.3, -0.25) is 4.79 Å². The number of hydrogen-bond donors (Lipinski definition) is 2. The molecule has 5 rings (SSSR count). The Bertz CT molecular complexity index is 1630. The molecule has 0 fully saturated rings. The van der Waals surface area contributed by atoms with Gasteiger partial charge in [0.15, 0.2) is 11.5 Å². The molecule has 0 bridgehead atoms. The van der Waals surface area contributed by atoms with Gasteiger partial charge in [-0.05, 0) is 75.2 Å². The summed E-state index contributed by atoms with van der Waals surface area (Å²) in [5, 5.41) is 19.1. The summed E-state index contributed by atoms with van der Waals surface area (Å²) in [6.07, 6.45) is 0. The van der Waals surface area contributed by atoms with Crippen LogP contribution in [0.4, 0.5) is 11.6 Å². The first kappa shape index (κ1) is 27.8. The first-order valence-electron chi connectivity index (χ1n) is 11.9. The predicted molar refractivity (Wildman–Crippen MR) is 155 cm³/mol. The average Bonchev–Trinajstić information content (AvgIpc) is 3.40. The van der Waals surface area contributed by atoms with E-state index >= 15 is 0 Å². The zero-order valence-corrected chi connectivity index (χ0v) is 24.6. The lowest BCUT2D eigenvalue weighted by Gasteiger charge is -2.28. The fraction of sp³-hybridized carbons (Fsp3) is 0.185. The van der Waals surface area contributed by atoms with Gasteiger partial charge in [0, 0.05) is 21.3 Å². The molecule has 1 unspecified atom stereocenters. The molecule has 13 heteroatoms. The van der Waals surface area contributed by atoms with E-state index in [9.17, 15) is 4.79 Å². The number of carbonyl (C=O) groups is 1. The van der Waals surface area contributed by atoms with Crippen molar-refractivity contribution in [1.82, 2.24) is 20.2 Å². The highest BCUT2D eigenvalue weighted by Gasteiger charge is 2.35. The van der Waals surface area contributed by atoms with Crippen molar-refractivity contribution in [2.45, 2.75) is 19.6 Å². The standard InChI is InChI=1S/C27H23BrCl2N6O4/c1-14-23(26(37)32-20-6-4-5-7-21(20)38-2)24(36-27(31-14)33-34-35-36)16-10-18(28)25(22(11-16)39-3)40-13-15-8-9-17(29)12-19(15)30/h4-12,24H,13H2,1-3H3,(H,32,37)(H,31,33,35). The third-order valence-electron chi connectivity index (χ3n) is 6.27.